The second-order valence-corrected chi connectivity index (χ2v) is 4.31. The molecule has 1 unspecified atom stereocenters. The standard InChI is InChI=1S/C13H19N3O2/c1-8(6-7-14)13(18)16-11-5-3-4-10(9(11)2)12(15)17/h3-5,8H,6-7,14H2,1-2H3,(H2,15,17)(H,16,18). The van der Waals surface area contributed by atoms with Gasteiger partial charge in [-0.2, -0.15) is 0 Å². The molecule has 5 heteroatoms. The highest BCUT2D eigenvalue weighted by atomic mass is 16.2. The van der Waals surface area contributed by atoms with Gasteiger partial charge in [-0.25, -0.2) is 0 Å². The number of carbonyl (C=O) groups excluding carboxylic acids is 2. The van der Waals surface area contributed by atoms with Gasteiger partial charge in [-0.15, -0.1) is 0 Å². The Morgan fingerprint density at radius 3 is 2.61 bits per heavy atom. The number of benzene rings is 1. The predicted octanol–water partition coefficient (Wildman–Crippen LogP) is 1.02. The monoisotopic (exact) mass is 249 g/mol. The minimum atomic E-state index is -0.501. The normalized spacial score (nSPS) is 11.9. The molecule has 1 aromatic rings. The van der Waals surface area contributed by atoms with Crippen molar-refractivity contribution in [2.45, 2.75) is 20.3 Å². The minimum Gasteiger partial charge on any atom is -0.366 e. The van der Waals surface area contributed by atoms with Crippen molar-refractivity contribution in [1.29, 1.82) is 0 Å². The van der Waals surface area contributed by atoms with E-state index >= 15 is 0 Å². The third kappa shape index (κ3) is 3.30. The molecule has 2 amide bonds. The molecule has 0 aliphatic heterocycles. The predicted molar refractivity (Wildman–Crippen MR) is 71.2 cm³/mol. The van der Waals surface area contributed by atoms with Crippen LogP contribution < -0.4 is 16.8 Å². The van der Waals surface area contributed by atoms with Crippen LogP contribution in [0.5, 0.6) is 0 Å². The largest absolute Gasteiger partial charge is 0.366 e. The summed E-state index contributed by atoms with van der Waals surface area (Å²) in [5.41, 5.74) is 12.4. The number of nitrogens with one attached hydrogen (secondary N) is 1. The van der Waals surface area contributed by atoms with Crippen molar-refractivity contribution in [3.05, 3.63) is 29.3 Å². The maximum Gasteiger partial charge on any atom is 0.249 e. The van der Waals surface area contributed by atoms with Crippen LogP contribution in [0, 0.1) is 12.8 Å². The van der Waals surface area contributed by atoms with Crippen LogP contribution in [0.15, 0.2) is 18.2 Å². The summed E-state index contributed by atoms with van der Waals surface area (Å²) >= 11 is 0. The van der Waals surface area contributed by atoms with E-state index in [0.29, 0.717) is 29.8 Å². The molecule has 5 nitrogen and oxygen atoms in total. The van der Waals surface area contributed by atoms with E-state index in [9.17, 15) is 9.59 Å². The summed E-state index contributed by atoms with van der Waals surface area (Å²) < 4.78 is 0. The van der Waals surface area contributed by atoms with E-state index in [1.165, 1.54) is 0 Å². The van der Waals surface area contributed by atoms with Gasteiger partial charge < -0.3 is 16.8 Å². The Balaban J connectivity index is 2.88. The summed E-state index contributed by atoms with van der Waals surface area (Å²) in [6.45, 7) is 4.04. The Labute approximate surface area is 107 Å². The maximum atomic E-state index is 11.9. The van der Waals surface area contributed by atoms with Crippen LogP contribution >= 0.6 is 0 Å². The van der Waals surface area contributed by atoms with Crippen molar-refractivity contribution >= 4 is 17.5 Å². The summed E-state index contributed by atoms with van der Waals surface area (Å²) in [5.74, 6) is -0.768. The van der Waals surface area contributed by atoms with Crippen LogP contribution in [0.3, 0.4) is 0 Å². The number of anilines is 1. The smallest absolute Gasteiger partial charge is 0.249 e. The number of hydrogen-bond acceptors (Lipinski definition) is 3. The van der Waals surface area contributed by atoms with Crippen molar-refractivity contribution in [2.75, 3.05) is 11.9 Å². The van der Waals surface area contributed by atoms with E-state index in [0.717, 1.165) is 0 Å². The van der Waals surface area contributed by atoms with E-state index in [1.807, 2.05) is 6.92 Å². The average molecular weight is 249 g/mol. The number of rotatable bonds is 5. The summed E-state index contributed by atoms with van der Waals surface area (Å²) in [6, 6.07) is 5.07. The van der Waals surface area contributed by atoms with Crippen molar-refractivity contribution < 1.29 is 9.59 Å². The van der Waals surface area contributed by atoms with Crippen LogP contribution in [-0.2, 0) is 4.79 Å². The molecule has 0 radical (unpaired) electrons. The molecule has 98 valence electrons. The van der Waals surface area contributed by atoms with Crippen LogP contribution in [0.4, 0.5) is 5.69 Å². The van der Waals surface area contributed by atoms with Crippen molar-refractivity contribution in [3.8, 4) is 0 Å². The molecule has 0 spiro atoms. The molecule has 0 aliphatic carbocycles. The SMILES string of the molecule is Cc1c(NC(=O)C(C)CCN)cccc1C(N)=O. The molecular weight excluding hydrogens is 230 g/mol. The summed E-state index contributed by atoms with van der Waals surface area (Å²) in [7, 11) is 0. The van der Waals surface area contributed by atoms with Crippen LogP contribution in [-0.4, -0.2) is 18.4 Å². The van der Waals surface area contributed by atoms with Gasteiger partial charge in [0.15, 0.2) is 0 Å². The van der Waals surface area contributed by atoms with Gasteiger partial charge in [-0.1, -0.05) is 13.0 Å². The van der Waals surface area contributed by atoms with E-state index in [2.05, 4.69) is 5.32 Å². The second-order valence-electron chi connectivity index (χ2n) is 4.31. The topological polar surface area (TPSA) is 98.2 Å². The molecule has 0 saturated heterocycles. The van der Waals surface area contributed by atoms with Gasteiger partial charge in [0.2, 0.25) is 11.8 Å². The fourth-order valence-electron chi connectivity index (χ4n) is 1.68. The molecule has 0 aromatic heterocycles. The lowest BCUT2D eigenvalue weighted by atomic mass is 10.0. The zero-order valence-corrected chi connectivity index (χ0v) is 10.7. The zero-order valence-electron chi connectivity index (χ0n) is 10.7. The van der Waals surface area contributed by atoms with Gasteiger partial charge in [-0.3, -0.25) is 9.59 Å². The fraction of sp³-hybridized carbons (Fsp3) is 0.385. The Morgan fingerprint density at radius 1 is 1.39 bits per heavy atom. The van der Waals surface area contributed by atoms with Crippen LogP contribution in [0.2, 0.25) is 0 Å². The Hall–Kier alpha value is -1.88. The van der Waals surface area contributed by atoms with E-state index in [-0.39, 0.29) is 11.8 Å². The Kier molecular flexibility index (Phi) is 4.85. The molecule has 1 rings (SSSR count). The molecule has 0 bridgehead atoms. The first-order chi connectivity index (χ1) is 8.47. The lowest BCUT2D eigenvalue weighted by molar-refractivity contribution is -0.119. The second kappa shape index (κ2) is 6.16. The third-order valence-corrected chi connectivity index (χ3v) is 2.90. The molecule has 18 heavy (non-hydrogen) atoms. The Bertz CT molecular complexity index is 458. The molecule has 0 aliphatic rings. The third-order valence-electron chi connectivity index (χ3n) is 2.90. The van der Waals surface area contributed by atoms with Gasteiger partial charge >= 0.3 is 0 Å². The van der Waals surface area contributed by atoms with E-state index in [4.69, 9.17) is 11.5 Å². The van der Waals surface area contributed by atoms with Crippen LogP contribution in [0.1, 0.15) is 29.3 Å². The Morgan fingerprint density at radius 2 is 2.06 bits per heavy atom. The van der Waals surface area contributed by atoms with Gasteiger partial charge in [0.1, 0.15) is 0 Å². The summed E-state index contributed by atoms with van der Waals surface area (Å²) in [4.78, 5) is 23.0. The van der Waals surface area contributed by atoms with Crippen LogP contribution in [0.25, 0.3) is 0 Å². The molecule has 0 saturated carbocycles. The highest BCUT2D eigenvalue weighted by molar-refractivity contribution is 5.98. The minimum absolute atomic E-state index is 0.106. The van der Waals surface area contributed by atoms with Crippen molar-refractivity contribution in [3.63, 3.8) is 0 Å². The number of primary amides is 1. The van der Waals surface area contributed by atoms with Gasteiger partial charge in [-0.05, 0) is 37.6 Å². The quantitative estimate of drug-likeness (QED) is 0.726. The zero-order chi connectivity index (χ0) is 13.7. The number of nitrogens with two attached hydrogens (primary N) is 2. The van der Waals surface area contributed by atoms with E-state index in [1.54, 1.807) is 25.1 Å². The van der Waals surface area contributed by atoms with Gasteiger partial charge in [0.05, 0.1) is 0 Å². The highest BCUT2D eigenvalue weighted by Gasteiger charge is 2.14. The molecule has 5 N–H and O–H groups in total. The lowest BCUT2D eigenvalue weighted by Gasteiger charge is -2.14. The average Bonchev–Trinajstić information content (AvgIpc) is 2.31. The molecule has 0 heterocycles. The van der Waals surface area contributed by atoms with E-state index < -0.39 is 5.91 Å². The lowest BCUT2D eigenvalue weighted by Crippen LogP contribution is -2.23. The molecular formula is C13H19N3O2. The summed E-state index contributed by atoms with van der Waals surface area (Å²) in [6.07, 6.45) is 0.625. The first-order valence-corrected chi connectivity index (χ1v) is 5.87. The first-order valence-electron chi connectivity index (χ1n) is 5.87. The maximum absolute atomic E-state index is 11.9. The number of carbonyl (C=O) groups is 2. The molecule has 0 fully saturated rings. The molecule has 1 aromatic carbocycles. The van der Waals surface area contributed by atoms with Crippen molar-refractivity contribution in [2.24, 2.45) is 17.4 Å². The highest BCUT2D eigenvalue weighted by Crippen LogP contribution is 2.19. The number of hydrogen-bond donors (Lipinski definition) is 3. The fourth-order valence-corrected chi connectivity index (χ4v) is 1.68. The van der Waals surface area contributed by atoms with Gasteiger partial charge in [0, 0.05) is 17.2 Å². The first kappa shape index (κ1) is 14.2. The van der Waals surface area contributed by atoms with Crippen molar-refractivity contribution in [1.82, 2.24) is 0 Å². The molecule has 1 atom stereocenters. The summed E-state index contributed by atoms with van der Waals surface area (Å²) in [5, 5.41) is 2.79. The van der Waals surface area contributed by atoms with Gasteiger partial charge in [0.25, 0.3) is 0 Å². The number of amides is 2.